The van der Waals surface area contributed by atoms with Crippen LogP contribution in [-0.4, -0.2) is 30.7 Å². The number of thioether (sulfide) groups is 1. The van der Waals surface area contributed by atoms with E-state index in [0.29, 0.717) is 18.2 Å². The van der Waals surface area contributed by atoms with Gasteiger partial charge in [0.15, 0.2) is 11.2 Å². The maximum Gasteiger partial charge on any atom is 0.257 e. The molecule has 1 unspecified atom stereocenters. The van der Waals surface area contributed by atoms with Gasteiger partial charge < -0.3 is 9.73 Å². The molecule has 8 heteroatoms. The maximum atomic E-state index is 12.6. The Labute approximate surface area is 153 Å². The van der Waals surface area contributed by atoms with E-state index < -0.39 is 0 Å². The van der Waals surface area contributed by atoms with Crippen LogP contribution in [0, 0.1) is 0 Å². The molecule has 1 atom stereocenters. The lowest BCUT2D eigenvalue weighted by atomic mass is 10.3. The van der Waals surface area contributed by atoms with Crippen LogP contribution >= 0.6 is 11.8 Å². The van der Waals surface area contributed by atoms with Crippen molar-refractivity contribution in [2.24, 2.45) is 0 Å². The fourth-order valence-electron chi connectivity index (χ4n) is 2.64. The van der Waals surface area contributed by atoms with E-state index >= 15 is 0 Å². The summed E-state index contributed by atoms with van der Waals surface area (Å²) in [4.78, 5) is 21.3. The topological polar surface area (TPSA) is 85.3 Å². The summed E-state index contributed by atoms with van der Waals surface area (Å²) in [5.41, 5.74) is 3.14. The molecule has 4 aromatic rings. The van der Waals surface area contributed by atoms with E-state index in [0.717, 1.165) is 22.3 Å². The van der Waals surface area contributed by atoms with Gasteiger partial charge in [-0.15, -0.1) is 0 Å². The molecule has 1 aromatic carbocycles. The highest BCUT2D eigenvalue weighted by atomic mass is 32.2. The number of carbonyl (C=O) groups is 1. The van der Waals surface area contributed by atoms with Gasteiger partial charge in [-0.05, 0) is 24.6 Å². The summed E-state index contributed by atoms with van der Waals surface area (Å²) >= 11 is 1.34. The highest BCUT2D eigenvalue weighted by Gasteiger charge is 2.21. The first-order valence-corrected chi connectivity index (χ1v) is 9.19. The largest absolute Gasteiger partial charge is 0.431 e. The van der Waals surface area contributed by atoms with Gasteiger partial charge in [-0.1, -0.05) is 30.8 Å². The van der Waals surface area contributed by atoms with Crippen molar-refractivity contribution < 1.29 is 9.21 Å². The van der Waals surface area contributed by atoms with Crippen LogP contribution in [0.5, 0.6) is 0 Å². The van der Waals surface area contributed by atoms with Gasteiger partial charge in [0, 0.05) is 24.5 Å². The molecule has 4 rings (SSSR count). The van der Waals surface area contributed by atoms with Crippen LogP contribution in [0.1, 0.15) is 18.9 Å². The molecule has 1 amide bonds. The Balaban J connectivity index is 1.43. The molecule has 0 saturated heterocycles. The zero-order chi connectivity index (χ0) is 17.9. The highest BCUT2D eigenvalue weighted by Crippen LogP contribution is 2.28. The van der Waals surface area contributed by atoms with Gasteiger partial charge in [0.05, 0.1) is 11.4 Å². The van der Waals surface area contributed by atoms with Gasteiger partial charge in [0.2, 0.25) is 5.91 Å². The molecule has 0 spiro atoms. The molecule has 0 bridgehead atoms. The average Bonchev–Trinajstić information content (AvgIpc) is 3.27. The van der Waals surface area contributed by atoms with Crippen LogP contribution in [0.15, 0.2) is 58.6 Å². The number of fused-ring (bicyclic) bond motifs is 2. The third kappa shape index (κ3) is 3.28. The molecule has 0 radical (unpaired) electrons. The minimum Gasteiger partial charge on any atom is -0.431 e. The van der Waals surface area contributed by atoms with E-state index in [1.807, 2.05) is 43.5 Å². The number of benzene rings is 1. The Bertz CT molecular complexity index is 1020. The molecule has 0 fully saturated rings. The highest BCUT2D eigenvalue weighted by molar-refractivity contribution is 8.00. The Hall–Kier alpha value is -2.87. The number of nitrogens with one attached hydrogen (secondary N) is 1. The SMILES string of the molecule is CCC(Sc1nc2ccccc2o1)C(=O)NCc1cnn2cccnc12. The lowest BCUT2D eigenvalue weighted by molar-refractivity contribution is -0.120. The van der Waals surface area contributed by atoms with Crippen molar-refractivity contribution >= 4 is 34.4 Å². The van der Waals surface area contributed by atoms with E-state index in [1.54, 1.807) is 16.9 Å². The predicted molar refractivity (Wildman–Crippen MR) is 98.8 cm³/mol. The molecule has 0 aliphatic carbocycles. The van der Waals surface area contributed by atoms with Crippen LogP contribution in [0.25, 0.3) is 16.7 Å². The number of amides is 1. The fraction of sp³-hybridized carbons (Fsp3) is 0.222. The van der Waals surface area contributed by atoms with Crippen LogP contribution in [-0.2, 0) is 11.3 Å². The molecule has 3 aromatic heterocycles. The minimum absolute atomic E-state index is 0.0602. The molecule has 7 nitrogen and oxygen atoms in total. The quantitative estimate of drug-likeness (QED) is 0.527. The lowest BCUT2D eigenvalue weighted by Crippen LogP contribution is -2.31. The average molecular weight is 367 g/mol. The molecule has 0 saturated carbocycles. The molecular weight excluding hydrogens is 350 g/mol. The van der Waals surface area contributed by atoms with Crippen LogP contribution in [0.4, 0.5) is 0 Å². The van der Waals surface area contributed by atoms with E-state index in [4.69, 9.17) is 4.42 Å². The molecule has 0 aliphatic heterocycles. The van der Waals surface area contributed by atoms with Gasteiger partial charge in [0.1, 0.15) is 5.52 Å². The first-order chi connectivity index (χ1) is 12.7. The zero-order valence-corrected chi connectivity index (χ0v) is 14.9. The molecule has 26 heavy (non-hydrogen) atoms. The predicted octanol–water partition coefficient (Wildman–Crippen LogP) is 3.06. The maximum absolute atomic E-state index is 12.6. The normalized spacial score (nSPS) is 12.5. The number of hydrogen-bond acceptors (Lipinski definition) is 6. The zero-order valence-electron chi connectivity index (χ0n) is 14.1. The molecule has 1 N–H and O–H groups in total. The second kappa shape index (κ2) is 7.17. The number of hydrogen-bond donors (Lipinski definition) is 1. The molecule has 0 aliphatic rings. The standard InChI is InChI=1S/C18H17N5O2S/c1-2-15(26-18-22-13-6-3-4-7-14(13)25-18)17(24)20-10-12-11-21-23-9-5-8-19-16(12)23/h3-9,11,15H,2,10H2,1H3,(H,20,24). The lowest BCUT2D eigenvalue weighted by Gasteiger charge is -2.12. The van der Waals surface area contributed by atoms with E-state index in [1.165, 1.54) is 11.8 Å². The number of para-hydroxylation sites is 2. The Morgan fingerprint density at radius 3 is 3.08 bits per heavy atom. The second-order valence-electron chi connectivity index (χ2n) is 5.74. The van der Waals surface area contributed by atoms with Crippen molar-refractivity contribution in [1.29, 1.82) is 0 Å². The molecule has 132 valence electrons. The van der Waals surface area contributed by atoms with Crippen molar-refractivity contribution in [3.63, 3.8) is 0 Å². The Morgan fingerprint density at radius 1 is 1.35 bits per heavy atom. The summed E-state index contributed by atoms with van der Waals surface area (Å²) in [6.45, 7) is 2.35. The fourth-order valence-corrected chi connectivity index (χ4v) is 3.53. The summed E-state index contributed by atoms with van der Waals surface area (Å²) in [6.07, 6.45) is 5.92. The third-order valence-electron chi connectivity index (χ3n) is 3.99. The number of aromatic nitrogens is 4. The monoisotopic (exact) mass is 367 g/mol. The van der Waals surface area contributed by atoms with E-state index in [9.17, 15) is 4.79 Å². The van der Waals surface area contributed by atoms with Gasteiger partial charge >= 0.3 is 0 Å². The van der Waals surface area contributed by atoms with Crippen LogP contribution in [0.2, 0.25) is 0 Å². The summed E-state index contributed by atoms with van der Waals surface area (Å²) < 4.78 is 7.39. The second-order valence-corrected chi connectivity index (χ2v) is 6.89. The van der Waals surface area contributed by atoms with Crippen molar-refractivity contribution in [1.82, 2.24) is 24.9 Å². The van der Waals surface area contributed by atoms with Crippen molar-refractivity contribution in [3.05, 3.63) is 54.5 Å². The van der Waals surface area contributed by atoms with E-state index in [-0.39, 0.29) is 11.2 Å². The number of carbonyl (C=O) groups excluding carboxylic acids is 1. The first-order valence-electron chi connectivity index (χ1n) is 8.32. The van der Waals surface area contributed by atoms with Gasteiger partial charge in [-0.3, -0.25) is 4.79 Å². The number of rotatable bonds is 6. The van der Waals surface area contributed by atoms with Gasteiger partial charge in [0.25, 0.3) is 5.22 Å². The van der Waals surface area contributed by atoms with Crippen molar-refractivity contribution in [2.75, 3.05) is 0 Å². The Kier molecular flexibility index (Phi) is 4.57. The van der Waals surface area contributed by atoms with Crippen molar-refractivity contribution in [3.8, 4) is 0 Å². The summed E-state index contributed by atoms with van der Waals surface area (Å²) in [7, 11) is 0. The van der Waals surface area contributed by atoms with Crippen LogP contribution in [0.3, 0.4) is 0 Å². The van der Waals surface area contributed by atoms with Gasteiger partial charge in [-0.25, -0.2) is 14.5 Å². The molecule has 3 heterocycles. The van der Waals surface area contributed by atoms with E-state index in [2.05, 4.69) is 20.4 Å². The Morgan fingerprint density at radius 2 is 2.23 bits per heavy atom. The summed E-state index contributed by atoms with van der Waals surface area (Å²) in [5.74, 6) is -0.0602. The van der Waals surface area contributed by atoms with Gasteiger partial charge in [-0.2, -0.15) is 5.10 Å². The minimum atomic E-state index is -0.280. The molecular formula is C18H17N5O2S. The van der Waals surface area contributed by atoms with Crippen LogP contribution < -0.4 is 5.32 Å². The smallest absolute Gasteiger partial charge is 0.257 e. The summed E-state index contributed by atoms with van der Waals surface area (Å²) in [5, 5.41) is 7.41. The first kappa shape index (κ1) is 16.6. The summed E-state index contributed by atoms with van der Waals surface area (Å²) in [6, 6.07) is 9.38. The van der Waals surface area contributed by atoms with Crippen molar-refractivity contribution in [2.45, 2.75) is 30.4 Å². The third-order valence-corrected chi connectivity index (χ3v) is 5.19. The number of oxazole rings is 1. The number of nitrogens with zero attached hydrogens (tertiary/aromatic N) is 4.